The van der Waals surface area contributed by atoms with E-state index < -0.39 is 0 Å². The molecule has 26 heavy (non-hydrogen) atoms. The minimum atomic E-state index is -0.210. The quantitative estimate of drug-likeness (QED) is 0.596. The molecule has 4 heterocycles. The monoisotopic (exact) mass is 346 g/mol. The summed E-state index contributed by atoms with van der Waals surface area (Å²) in [6.07, 6.45) is 8.42. The lowest BCUT2D eigenvalue weighted by Crippen LogP contribution is -2.31. The lowest BCUT2D eigenvalue weighted by atomic mass is 9.74. The second-order valence-corrected chi connectivity index (χ2v) is 6.86. The van der Waals surface area contributed by atoms with Crippen LogP contribution in [-0.2, 0) is 11.8 Å². The molecule has 4 aromatic rings. The van der Waals surface area contributed by atoms with Gasteiger partial charge in [-0.25, -0.2) is 10.1 Å². The van der Waals surface area contributed by atoms with Crippen molar-refractivity contribution in [1.29, 1.82) is 0 Å². The number of aromatic amines is 1. The molecule has 0 radical (unpaired) electrons. The van der Waals surface area contributed by atoms with Crippen LogP contribution in [0, 0.1) is 0 Å². The van der Waals surface area contributed by atoms with Crippen LogP contribution in [0.15, 0.2) is 57.9 Å². The van der Waals surface area contributed by atoms with Gasteiger partial charge in [-0.2, -0.15) is 0 Å². The van der Waals surface area contributed by atoms with Crippen LogP contribution >= 0.6 is 0 Å². The van der Waals surface area contributed by atoms with Crippen molar-refractivity contribution >= 4 is 0 Å². The van der Waals surface area contributed by atoms with E-state index in [1.165, 1.54) is 0 Å². The number of aromatic nitrogens is 4. The third-order valence-electron chi connectivity index (χ3n) is 5.17. The van der Waals surface area contributed by atoms with E-state index in [0.29, 0.717) is 5.89 Å². The maximum absolute atomic E-state index is 6.11. The fraction of sp³-hybridized carbons (Fsp3) is 0.250. The highest BCUT2D eigenvalue weighted by Gasteiger charge is 2.41. The number of nitrogens with one attached hydrogen (secondary N) is 1. The van der Waals surface area contributed by atoms with Crippen molar-refractivity contribution < 1.29 is 8.94 Å². The average Bonchev–Trinajstić information content (AvgIpc) is 3.15. The SMILES string of the molecule is CC1(c2cnc(-c3ccc(-c4ccccn4)nc3)o2)CCCc2o[nH]c21. The lowest BCUT2D eigenvalue weighted by Gasteiger charge is -2.33. The molecule has 1 unspecified atom stereocenters. The van der Waals surface area contributed by atoms with E-state index in [2.05, 4.69) is 27.0 Å². The van der Waals surface area contributed by atoms with E-state index in [-0.39, 0.29) is 5.41 Å². The highest BCUT2D eigenvalue weighted by Crippen LogP contribution is 2.43. The summed E-state index contributed by atoms with van der Waals surface area (Å²) in [4.78, 5) is 13.3. The molecule has 1 aliphatic carbocycles. The molecule has 0 amide bonds. The maximum Gasteiger partial charge on any atom is 0.227 e. The average molecular weight is 346 g/mol. The number of oxazole rings is 1. The number of pyridine rings is 2. The van der Waals surface area contributed by atoms with Gasteiger partial charge in [0.05, 0.1) is 28.6 Å². The molecule has 4 aromatic heterocycles. The smallest absolute Gasteiger partial charge is 0.227 e. The normalized spacial score (nSPS) is 19.4. The van der Waals surface area contributed by atoms with E-state index in [9.17, 15) is 0 Å². The molecule has 0 saturated heterocycles. The number of fused-ring (bicyclic) bond motifs is 1. The first-order valence-electron chi connectivity index (χ1n) is 8.75. The Bertz CT molecular complexity index is 1030. The molecule has 6 heteroatoms. The van der Waals surface area contributed by atoms with Crippen LogP contribution in [0.3, 0.4) is 0 Å². The molecule has 0 saturated carbocycles. The van der Waals surface area contributed by atoms with Crippen LogP contribution in [0.25, 0.3) is 22.8 Å². The van der Waals surface area contributed by atoms with Crippen molar-refractivity contribution in [2.45, 2.75) is 31.6 Å². The largest absolute Gasteiger partial charge is 0.440 e. The van der Waals surface area contributed by atoms with Gasteiger partial charge in [0.25, 0.3) is 0 Å². The van der Waals surface area contributed by atoms with Crippen LogP contribution in [0.4, 0.5) is 0 Å². The van der Waals surface area contributed by atoms with Gasteiger partial charge in [0, 0.05) is 18.8 Å². The first-order chi connectivity index (χ1) is 12.7. The third kappa shape index (κ3) is 2.29. The fourth-order valence-electron chi connectivity index (χ4n) is 3.59. The Morgan fingerprint density at radius 3 is 2.69 bits per heavy atom. The van der Waals surface area contributed by atoms with E-state index in [1.807, 2.05) is 36.5 Å². The molecule has 5 rings (SSSR count). The van der Waals surface area contributed by atoms with Crippen molar-refractivity contribution in [1.82, 2.24) is 20.1 Å². The number of rotatable bonds is 3. The van der Waals surface area contributed by atoms with Crippen LogP contribution in [0.5, 0.6) is 0 Å². The van der Waals surface area contributed by atoms with Gasteiger partial charge in [0.15, 0.2) is 5.76 Å². The summed E-state index contributed by atoms with van der Waals surface area (Å²) in [6.45, 7) is 2.17. The first-order valence-corrected chi connectivity index (χ1v) is 8.75. The zero-order chi connectivity index (χ0) is 17.6. The molecule has 1 atom stereocenters. The Balaban J connectivity index is 1.45. The molecule has 130 valence electrons. The molecule has 0 fully saturated rings. The lowest BCUT2D eigenvalue weighted by molar-refractivity contribution is 0.220. The summed E-state index contributed by atoms with van der Waals surface area (Å²) in [6, 6.07) is 9.68. The van der Waals surface area contributed by atoms with Gasteiger partial charge in [-0.3, -0.25) is 9.97 Å². The van der Waals surface area contributed by atoms with Gasteiger partial charge in [-0.05, 0) is 44.0 Å². The van der Waals surface area contributed by atoms with Gasteiger partial charge >= 0.3 is 0 Å². The molecule has 1 N–H and O–H groups in total. The number of aryl methyl sites for hydroxylation is 1. The maximum atomic E-state index is 6.11. The molecule has 6 nitrogen and oxygen atoms in total. The summed E-state index contributed by atoms with van der Waals surface area (Å²) >= 11 is 0. The standard InChI is InChI=1S/C20H18N4O2/c1-20(9-4-6-16-18(20)24-26-16)17-12-23-19(25-17)13-7-8-15(22-11-13)14-5-2-3-10-21-14/h2-3,5,7-8,10-12,24H,4,6,9H2,1H3. The zero-order valence-electron chi connectivity index (χ0n) is 14.4. The van der Waals surface area contributed by atoms with Crippen LogP contribution in [0.1, 0.15) is 37.0 Å². The highest BCUT2D eigenvalue weighted by atomic mass is 16.5. The zero-order valence-corrected chi connectivity index (χ0v) is 14.4. The molecule has 1 aliphatic rings. The summed E-state index contributed by atoms with van der Waals surface area (Å²) in [5.41, 5.74) is 3.43. The van der Waals surface area contributed by atoms with Crippen LogP contribution in [-0.4, -0.2) is 20.1 Å². The topological polar surface area (TPSA) is 80.7 Å². The summed E-state index contributed by atoms with van der Waals surface area (Å²) < 4.78 is 11.5. The summed E-state index contributed by atoms with van der Waals surface area (Å²) in [5.74, 6) is 2.47. The molecule has 0 aromatic carbocycles. The van der Waals surface area contributed by atoms with E-state index >= 15 is 0 Å². The van der Waals surface area contributed by atoms with Crippen molar-refractivity contribution in [3.05, 3.63) is 66.1 Å². The minimum absolute atomic E-state index is 0.210. The van der Waals surface area contributed by atoms with Crippen molar-refractivity contribution in [3.63, 3.8) is 0 Å². The predicted molar refractivity (Wildman–Crippen MR) is 95.4 cm³/mol. The Morgan fingerprint density at radius 2 is 1.96 bits per heavy atom. The molecule has 0 bridgehead atoms. The fourth-order valence-corrected chi connectivity index (χ4v) is 3.59. The molecule has 0 spiro atoms. The van der Waals surface area contributed by atoms with Gasteiger partial charge in [0.1, 0.15) is 11.5 Å². The van der Waals surface area contributed by atoms with Crippen molar-refractivity contribution in [2.75, 3.05) is 0 Å². The summed E-state index contributed by atoms with van der Waals surface area (Å²) in [5, 5.41) is 2.98. The number of H-pyrrole nitrogens is 1. The van der Waals surface area contributed by atoms with Gasteiger partial charge < -0.3 is 8.94 Å². The highest BCUT2D eigenvalue weighted by molar-refractivity contribution is 5.59. The molecular weight excluding hydrogens is 328 g/mol. The number of hydrogen-bond acceptors (Lipinski definition) is 5. The minimum Gasteiger partial charge on any atom is -0.440 e. The Hall–Kier alpha value is -3.15. The van der Waals surface area contributed by atoms with Gasteiger partial charge in [-0.15, -0.1) is 0 Å². The third-order valence-corrected chi connectivity index (χ3v) is 5.17. The van der Waals surface area contributed by atoms with Crippen LogP contribution < -0.4 is 0 Å². The van der Waals surface area contributed by atoms with Gasteiger partial charge in [0.2, 0.25) is 5.89 Å². The van der Waals surface area contributed by atoms with Crippen molar-refractivity contribution in [3.8, 4) is 22.8 Å². The first kappa shape index (κ1) is 15.1. The van der Waals surface area contributed by atoms with Crippen LogP contribution in [0.2, 0.25) is 0 Å². The van der Waals surface area contributed by atoms with E-state index in [0.717, 1.165) is 53.4 Å². The summed E-state index contributed by atoms with van der Waals surface area (Å²) in [7, 11) is 0. The van der Waals surface area contributed by atoms with Gasteiger partial charge in [-0.1, -0.05) is 6.07 Å². The second kappa shape index (κ2) is 5.69. The number of hydrogen-bond donors (Lipinski definition) is 1. The number of nitrogens with zero attached hydrogens (tertiary/aromatic N) is 3. The predicted octanol–water partition coefficient (Wildman–Crippen LogP) is 4.36. The second-order valence-electron chi connectivity index (χ2n) is 6.86. The molecule has 0 aliphatic heterocycles. The Labute approximate surface area is 150 Å². The van der Waals surface area contributed by atoms with E-state index in [1.54, 1.807) is 12.4 Å². The van der Waals surface area contributed by atoms with Crippen molar-refractivity contribution in [2.24, 2.45) is 0 Å². The Morgan fingerprint density at radius 1 is 1.04 bits per heavy atom. The Kier molecular flexibility index (Phi) is 3.31. The van der Waals surface area contributed by atoms with E-state index in [4.69, 9.17) is 8.94 Å². The molecular formula is C20H18N4O2.